The Labute approximate surface area is 133 Å². The average Bonchev–Trinajstić information content (AvgIpc) is 2.59. The van der Waals surface area contributed by atoms with E-state index in [9.17, 15) is 4.79 Å². The summed E-state index contributed by atoms with van der Waals surface area (Å²) in [6.45, 7) is 4.47. The molecule has 2 nitrogen and oxygen atoms in total. The van der Waals surface area contributed by atoms with E-state index in [2.05, 4.69) is 26.0 Å². The van der Waals surface area contributed by atoms with Crippen molar-refractivity contribution in [3.8, 4) is 0 Å². The molecule has 0 aliphatic heterocycles. The van der Waals surface area contributed by atoms with Crippen LogP contribution in [0.1, 0.15) is 37.8 Å². The summed E-state index contributed by atoms with van der Waals surface area (Å²) in [5.74, 6) is -0.0924. The predicted molar refractivity (Wildman–Crippen MR) is 89.4 cm³/mol. The van der Waals surface area contributed by atoms with E-state index in [4.69, 9.17) is 4.74 Å². The van der Waals surface area contributed by atoms with Gasteiger partial charge in [0.25, 0.3) is 0 Å². The zero-order chi connectivity index (χ0) is 15.8. The molecule has 0 spiro atoms. The molecule has 0 heterocycles. The third-order valence-corrected chi connectivity index (χ3v) is 4.38. The van der Waals surface area contributed by atoms with Crippen LogP contribution in [0.4, 0.5) is 0 Å². The van der Waals surface area contributed by atoms with Crippen molar-refractivity contribution in [3.63, 3.8) is 0 Å². The van der Waals surface area contributed by atoms with Crippen LogP contribution in [0, 0.1) is 5.41 Å². The van der Waals surface area contributed by atoms with Crippen molar-refractivity contribution in [1.82, 2.24) is 0 Å². The van der Waals surface area contributed by atoms with E-state index in [1.807, 2.05) is 48.5 Å². The van der Waals surface area contributed by atoms with Crippen molar-refractivity contribution in [1.29, 1.82) is 0 Å². The molecule has 0 radical (unpaired) electrons. The molecule has 0 aliphatic rings. The molecule has 0 unspecified atom stereocenters. The highest BCUT2D eigenvalue weighted by Crippen LogP contribution is 2.33. The molecule has 0 aliphatic carbocycles. The van der Waals surface area contributed by atoms with Gasteiger partial charge in [0, 0.05) is 0 Å². The van der Waals surface area contributed by atoms with E-state index in [1.54, 1.807) is 0 Å². The van der Waals surface area contributed by atoms with Gasteiger partial charge in [-0.2, -0.15) is 0 Å². The lowest BCUT2D eigenvalue weighted by atomic mass is 9.77. The number of carbonyl (C=O) groups is 1. The lowest BCUT2D eigenvalue weighted by molar-refractivity contribution is -0.158. The van der Waals surface area contributed by atoms with E-state index < -0.39 is 5.41 Å². The molecule has 0 atom stereocenters. The minimum absolute atomic E-state index is 0.0924. The van der Waals surface area contributed by atoms with E-state index >= 15 is 0 Å². The molecule has 2 aromatic rings. The molecular formula is C20H24O2. The third-order valence-electron chi connectivity index (χ3n) is 4.38. The fraction of sp³-hybridized carbons (Fsp3) is 0.350. The van der Waals surface area contributed by atoms with E-state index in [0.29, 0.717) is 6.61 Å². The van der Waals surface area contributed by atoms with Gasteiger partial charge in [-0.1, -0.05) is 74.5 Å². The van der Waals surface area contributed by atoms with Gasteiger partial charge in [-0.15, -0.1) is 0 Å². The molecule has 2 rings (SSSR count). The normalized spacial score (nSPS) is 11.2. The number of esters is 1. The Morgan fingerprint density at radius 2 is 1.36 bits per heavy atom. The summed E-state index contributed by atoms with van der Waals surface area (Å²) in [7, 11) is 0. The van der Waals surface area contributed by atoms with Crippen LogP contribution >= 0.6 is 0 Å². The summed E-state index contributed by atoms with van der Waals surface area (Å²) in [6.07, 6.45) is 2.30. The summed E-state index contributed by atoms with van der Waals surface area (Å²) in [5.41, 5.74) is 1.77. The second kappa shape index (κ2) is 7.79. The van der Waals surface area contributed by atoms with Crippen LogP contribution in [-0.2, 0) is 22.6 Å². The van der Waals surface area contributed by atoms with Crippen LogP contribution in [0.15, 0.2) is 60.7 Å². The maximum Gasteiger partial charge on any atom is 0.312 e. The SMILES string of the molecule is CCC(CC)(Cc1ccccc1)C(=O)OCc1ccccc1. The van der Waals surface area contributed by atoms with Gasteiger partial charge in [-0.3, -0.25) is 4.79 Å². The third kappa shape index (κ3) is 3.97. The zero-order valence-electron chi connectivity index (χ0n) is 13.4. The van der Waals surface area contributed by atoms with Crippen LogP contribution in [-0.4, -0.2) is 5.97 Å². The van der Waals surface area contributed by atoms with Gasteiger partial charge in [-0.05, 0) is 30.4 Å². The Hall–Kier alpha value is -2.09. The molecule has 0 saturated heterocycles. The Morgan fingerprint density at radius 3 is 1.86 bits per heavy atom. The van der Waals surface area contributed by atoms with Crippen LogP contribution in [0.25, 0.3) is 0 Å². The van der Waals surface area contributed by atoms with Gasteiger partial charge in [0.15, 0.2) is 0 Å². The molecule has 0 fully saturated rings. The molecule has 2 aromatic carbocycles. The number of ether oxygens (including phenoxy) is 1. The zero-order valence-corrected chi connectivity index (χ0v) is 13.4. The molecule has 0 aromatic heterocycles. The smallest absolute Gasteiger partial charge is 0.312 e. The fourth-order valence-electron chi connectivity index (χ4n) is 2.72. The summed E-state index contributed by atoms with van der Waals surface area (Å²) in [4.78, 5) is 12.7. The number of carbonyl (C=O) groups excluding carboxylic acids is 1. The summed E-state index contributed by atoms with van der Waals surface area (Å²) >= 11 is 0. The first-order chi connectivity index (χ1) is 10.7. The minimum Gasteiger partial charge on any atom is -0.460 e. The largest absolute Gasteiger partial charge is 0.460 e. The Kier molecular flexibility index (Phi) is 5.76. The van der Waals surface area contributed by atoms with Crippen LogP contribution in [0.5, 0.6) is 0 Å². The Morgan fingerprint density at radius 1 is 0.864 bits per heavy atom. The number of hydrogen-bond donors (Lipinski definition) is 0. The van der Waals surface area contributed by atoms with E-state index in [-0.39, 0.29) is 5.97 Å². The first-order valence-electron chi connectivity index (χ1n) is 7.95. The summed E-state index contributed by atoms with van der Waals surface area (Å²) < 4.78 is 5.61. The number of benzene rings is 2. The van der Waals surface area contributed by atoms with Crippen LogP contribution in [0.2, 0.25) is 0 Å². The highest BCUT2D eigenvalue weighted by molar-refractivity contribution is 5.77. The molecule has 0 bridgehead atoms. The lowest BCUT2D eigenvalue weighted by Crippen LogP contribution is -2.34. The van der Waals surface area contributed by atoms with Gasteiger partial charge in [0.1, 0.15) is 6.61 Å². The molecular weight excluding hydrogens is 272 g/mol. The fourth-order valence-corrected chi connectivity index (χ4v) is 2.72. The van der Waals surface area contributed by atoms with E-state index in [0.717, 1.165) is 24.8 Å². The van der Waals surface area contributed by atoms with Crippen molar-refractivity contribution in [2.75, 3.05) is 0 Å². The van der Waals surface area contributed by atoms with Crippen LogP contribution < -0.4 is 0 Å². The molecule has 2 heteroatoms. The number of rotatable bonds is 7. The highest BCUT2D eigenvalue weighted by Gasteiger charge is 2.36. The summed E-state index contributed by atoms with van der Waals surface area (Å²) in [6, 6.07) is 20.0. The topological polar surface area (TPSA) is 26.3 Å². The standard InChI is InChI=1S/C20H24O2/c1-3-20(4-2,15-17-11-7-5-8-12-17)19(21)22-16-18-13-9-6-10-14-18/h5-14H,3-4,15-16H2,1-2H3. The van der Waals surface area contributed by atoms with Crippen molar-refractivity contribution in [2.45, 2.75) is 39.7 Å². The second-order valence-electron chi connectivity index (χ2n) is 5.71. The molecule has 0 saturated carbocycles. The number of hydrogen-bond acceptors (Lipinski definition) is 2. The van der Waals surface area contributed by atoms with E-state index in [1.165, 1.54) is 5.56 Å². The molecule has 22 heavy (non-hydrogen) atoms. The predicted octanol–water partition coefficient (Wildman–Crippen LogP) is 4.78. The van der Waals surface area contributed by atoms with Crippen molar-refractivity contribution < 1.29 is 9.53 Å². The first kappa shape index (κ1) is 16.3. The quantitative estimate of drug-likeness (QED) is 0.687. The van der Waals surface area contributed by atoms with Gasteiger partial charge in [0.05, 0.1) is 5.41 Å². The van der Waals surface area contributed by atoms with Gasteiger partial charge in [0.2, 0.25) is 0 Å². The first-order valence-corrected chi connectivity index (χ1v) is 7.95. The summed E-state index contributed by atoms with van der Waals surface area (Å²) in [5, 5.41) is 0. The lowest BCUT2D eigenvalue weighted by Gasteiger charge is -2.29. The molecule has 0 N–H and O–H groups in total. The second-order valence-corrected chi connectivity index (χ2v) is 5.71. The maximum absolute atomic E-state index is 12.7. The van der Waals surface area contributed by atoms with Crippen molar-refractivity contribution >= 4 is 5.97 Å². The molecule has 0 amide bonds. The Balaban J connectivity index is 2.07. The van der Waals surface area contributed by atoms with Gasteiger partial charge < -0.3 is 4.74 Å². The molecule has 116 valence electrons. The monoisotopic (exact) mass is 296 g/mol. The van der Waals surface area contributed by atoms with Crippen molar-refractivity contribution in [3.05, 3.63) is 71.8 Å². The van der Waals surface area contributed by atoms with Gasteiger partial charge in [-0.25, -0.2) is 0 Å². The minimum atomic E-state index is -0.434. The average molecular weight is 296 g/mol. The highest BCUT2D eigenvalue weighted by atomic mass is 16.5. The van der Waals surface area contributed by atoms with Gasteiger partial charge >= 0.3 is 5.97 Å². The van der Waals surface area contributed by atoms with Crippen molar-refractivity contribution in [2.24, 2.45) is 5.41 Å². The van der Waals surface area contributed by atoms with Crippen LogP contribution in [0.3, 0.4) is 0 Å². The maximum atomic E-state index is 12.7. The Bertz CT molecular complexity index is 571.